The number of hydrogen-bond donors (Lipinski definition) is 1. The number of benzene rings is 1. The summed E-state index contributed by atoms with van der Waals surface area (Å²) in [6.07, 6.45) is 0.706. The van der Waals surface area contributed by atoms with Crippen molar-refractivity contribution < 1.29 is 4.92 Å². The van der Waals surface area contributed by atoms with E-state index in [1.54, 1.807) is 23.9 Å². The summed E-state index contributed by atoms with van der Waals surface area (Å²) in [5, 5.41) is 10.8. The van der Waals surface area contributed by atoms with Crippen LogP contribution in [0.15, 0.2) is 24.3 Å². The van der Waals surface area contributed by atoms with Gasteiger partial charge < -0.3 is 5.73 Å². The molecule has 0 unspecified atom stereocenters. The second-order valence-corrected chi connectivity index (χ2v) is 5.78. The van der Waals surface area contributed by atoms with Crippen LogP contribution in [0.3, 0.4) is 0 Å². The number of nitrogens with zero attached hydrogens (tertiary/aromatic N) is 1. The Morgan fingerprint density at radius 3 is 2.65 bits per heavy atom. The van der Waals surface area contributed by atoms with E-state index in [1.165, 1.54) is 0 Å². The van der Waals surface area contributed by atoms with Crippen molar-refractivity contribution in [1.82, 2.24) is 0 Å². The van der Waals surface area contributed by atoms with Crippen molar-refractivity contribution in [2.75, 3.05) is 11.5 Å². The lowest BCUT2D eigenvalue weighted by Crippen LogP contribution is -2.34. The van der Waals surface area contributed by atoms with Gasteiger partial charge in [0.05, 0.1) is 4.92 Å². The van der Waals surface area contributed by atoms with Crippen LogP contribution in [0, 0.1) is 10.1 Å². The van der Waals surface area contributed by atoms with Gasteiger partial charge in [-0.25, -0.2) is 0 Å². The molecule has 1 rings (SSSR count). The lowest BCUT2D eigenvalue weighted by Gasteiger charge is -2.17. The normalized spacial score (nSPS) is 11.5. The summed E-state index contributed by atoms with van der Waals surface area (Å²) < 4.78 is 0. The van der Waals surface area contributed by atoms with E-state index >= 15 is 0 Å². The minimum atomic E-state index is -0.327. The molecule has 0 atom stereocenters. The van der Waals surface area contributed by atoms with Crippen molar-refractivity contribution in [2.24, 2.45) is 5.73 Å². The molecular weight excluding hydrogens is 236 g/mol. The van der Waals surface area contributed by atoms with Gasteiger partial charge in [0.15, 0.2) is 0 Å². The molecule has 0 fully saturated rings. The summed E-state index contributed by atoms with van der Waals surface area (Å²) in [4.78, 5) is 10.5. The first-order valence-corrected chi connectivity index (χ1v) is 6.64. The highest BCUT2D eigenvalue weighted by Gasteiger charge is 2.13. The lowest BCUT2D eigenvalue weighted by atomic mass is 10.1. The number of nitrogens with two attached hydrogens (primary N) is 1. The van der Waals surface area contributed by atoms with Crippen LogP contribution in [-0.2, 0) is 6.42 Å². The van der Waals surface area contributed by atoms with E-state index in [0.29, 0.717) is 6.42 Å². The molecule has 17 heavy (non-hydrogen) atoms. The van der Waals surface area contributed by atoms with Crippen LogP contribution in [0.4, 0.5) is 5.69 Å². The third-order valence-electron chi connectivity index (χ3n) is 2.18. The van der Waals surface area contributed by atoms with E-state index in [9.17, 15) is 10.1 Å². The SMILES string of the molecule is CC(C)(N)CSCCc1ccccc1[N+](=O)[O-]. The van der Waals surface area contributed by atoms with Crippen molar-refractivity contribution in [1.29, 1.82) is 0 Å². The van der Waals surface area contributed by atoms with Gasteiger partial charge in [-0.3, -0.25) is 10.1 Å². The molecule has 0 aromatic heterocycles. The second-order valence-electron chi connectivity index (χ2n) is 4.68. The molecule has 5 heteroatoms. The zero-order valence-corrected chi connectivity index (χ0v) is 11.0. The third-order valence-corrected chi connectivity index (χ3v) is 3.62. The number of thioether (sulfide) groups is 1. The predicted octanol–water partition coefficient (Wildman–Crippen LogP) is 2.61. The maximum Gasteiger partial charge on any atom is 0.272 e. The van der Waals surface area contributed by atoms with Gasteiger partial charge in [0.1, 0.15) is 0 Å². The van der Waals surface area contributed by atoms with Gasteiger partial charge >= 0.3 is 0 Å². The van der Waals surface area contributed by atoms with Crippen LogP contribution in [0.2, 0.25) is 0 Å². The molecule has 0 saturated carbocycles. The van der Waals surface area contributed by atoms with Gasteiger partial charge in [0, 0.05) is 22.9 Å². The summed E-state index contributed by atoms with van der Waals surface area (Å²) in [6.45, 7) is 3.95. The number of aryl methyl sites for hydroxylation is 1. The Morgan fingerprint density at radius 2 is 2.06 bits per heavy atom. The number of hydrogen-bond acceptors (Lipinski definition) is 4. The molecule has 0 amide bonds. The number of nitro benzene ring substituents is 1. The van der Waals surface area contributed by atoms with Crippen molar-refractivity contribution in [3.63, 3.8) is 0 Å². The average Bonchev–Trinajstić information content (AvgIpc) is 2.23. The Kier molecular flexibility index (Phi) is 4.96. The molecule has 0 heterocycles. The highest BCUT2D eigenvalue weighted by atomic mass is 32.2. The largest absolute Gasteiger partial charge is 0.325 e. The minimum absolute atomic E-state index is 0.187. The Labute approximate surface area is 106 Å². The van der Waals surface area contributed by atoms with Crippen LogP contribution in [0.1, 0.15) is 19.4 Å². The third kappa shape index (κ3) is 5.19. The molecule has 2 N–H and O–H groups in total. The fourth-order valence-electron chi connectivity index (χ4n) is 1.42. The van der Waals surface area contributed by atoms with Gasteiger partial charge in [-0.2, -0.15) is 11.8 Å². The molecule has 1 aromatic rings. The monoisotopic (exact) mass is 254 g/mol. The van der Waals surface area contributed by atoms with Gasteiger partial charge in [0.2, 0.25) is 0 Å². The van der Waals surface area contributed by atoms with Crippen LogP contribution < -0.4 is 5.73 Å². The van der Waals surface area contributed by atoms with E-state index in [-0.39, 0.29) is 16.1 Å². The zero-order chi connectivity index (χ0) is 12.9. The first kappa shape index (κ1) is 14.0. The zero-order valence-electron chi connectivity index (χ0n) is 10.2. The number of para-hydroxylation sites is 1. The van der Waals surface area contributed by atoms with Gasteiger partial charge in [-0.15, -0.1) is 0 Å². The fraction of sp³-hybridized carbons (Fsp3) is 0.500. The van der Waals surface area contributed by atoms with Crippen LogP contribution >= 0.6 is 11.8 Å². The van der Waals surface area contributed by atoms with E-state index in [4.69, 9.17) is 5.73 Å². The van der Waals surface area contributed by atoms with Crippen LogP contribution in [0.25, 0.3) is 0 Å². The molecule has 94 valence electrons. The minimum Gasteiger partial charge on any atom is -0.325 e. The van der Waals surface area contributed by atoms with E-state index in [1.807, 2.05) is 26.0 Å². The summed E-state index contributed by atoms with van der Waals surface area (Å²) in [5.41, 5.74) is 6.68. The number of nitro groups is 1. The molecule has 0 spiro atoms. The molecule has 0 aliphatic carbocycles. The average molecular weight is 254 g/mol. The summed E-state index contributed by atoms with van der Waals surface area (Å²) in [6, 6.07) is 6.89. The van der Waals surface area contributed by atoms with E-state index in [0.717, 1.165) is 17.1 Å². The Bertz CT molecular complexity index is 388. The van der Waals surface area contributed by atoms with Gasteiger partial charge in [-0.05, 0) is 26.0 Å². The predicted molar refractivity (Wildman–Crippen MR) is 72.4 cm³/mol. The molecule has 0 aliphatic heterocycles. The van der Waals surface area contributed by atoms with Crippen molar-refractivity contribution in [2.45, 2.75) is 25.8 Å². The Balaban J connectivity index is 2.49. The maximum absolute atomic E-state index is 10.8. The first-order valence-electron chi connectivity index (χ1n) is 5.49. The van der Waals surface area contributed by atoms with Crippen LogP contribution in [0.5, 0.6) is 0 Å². The van der Waals surface area contributed by atoms with Crippen LogP contribution in [-0.4, -0.2) is 22.0 Å². The lowest BCUT2D eigenvalue weighted by molar-refractivity contribution is -0.385. The quantitative estimate of drug-likeness (QED) is 0.481. The first-order chi connectivity index (χ1) is 7.90. The van der Waals surface area contributed by atoms with E-state index in [2.05, 4.69) is 0 Å². The fourth-order valence-corrected chi connectivity index (χ4v) is 2.45. The van der Waals surface area contributed by atoms with Crippen molar-refractivity contribution in [3.05, 3.63) is 39.9 Å². The molecule has 0 bridgehead atoms. The molecule has 0 aliphatic rings. The van der Waals surface area contributed by atoms with Crippen molar-refractivity contribution in [3.8, 4) is 0 Å². The molecule has 0 radical (unpaired) electrons. The topological polar surface area (TPSA) is 69.2 Å². The molecular formula is C12H18N2O2S. The highest BCUT2D eigenvalue weighted by Crippen LogP contribution is 2.20. The standard InChI is InChI=1S/C12H18N2O2S/c1-12(2,13)9-17-8-7-10-5-3-4-6-11(10)14(15)16/h3-6H,7-9,13H2,1-2H3. The van der Waals surface area contributed by atoms with Gasteiger partial charge in [0.25, 0.3) is 5.69 Å². The molecule has 1 aromatic carbocycles. The second kappa shape index (κ2) is 6.02. The Hall–Kier alpha value is -1.07. The summed E-state index contributed by atoms with van der Waals surface area (Å²) >= 11 is 1.73. The van der Waals surface area contributed by atoms with Crippen molar-refractivity contribution >= 4 is 17.4 Å². The molecule has 0 saturated heterocycles. The van der Waals surface area contributed by atoms with Gasteiger partial charge in [-0.1, -0.05) is 18.2 Å². The summed E-state index contributed by atoms with van der Waals surface area (Å²) in [7, 11) is 0. The summed E-state index contributed by atoms with van der Waals surface area (Å²) in [5.74, 6) is 1.71. The smallest absolute Gasteiger partial charge is 0.272 e. The highest BCUT2D eigenvalue weighted by molar-refractivity contribution is 7.99. The number of rotatable bonds is 6. The Morgan fingerprint density at radius 1 is 1.41 bits per heavy atom. The molecule has 4 nitrogen and oxygen atoms in total. The van der Waals surface area contributed by atoms with E-state index < -0.39 is 0 Å². The maximum atomic E-state index is 10.8.